The van der Waals surface area contributed by atoms with Crippen molar-refractivity contribution in [2.24, 2.45) is 5.92 Å². The molecule has 0 spiro atoms. The molecule has 2 heterocycles. The zero-order valence-corrected chi connectivity index (χ0v) is 19.1. The van der Waals surface area contributed by atoms with Crippen molar-refractivity contribution in [3.8, 4) is 5.75 Å². The molecule has 10 nitrogen and oxygen atoms in total. The number of carbonyl (C=O) groups is 2. The summed E-state index contributed by atoms with van der Waals surface area (Å²) in [5.41, 5.74) is 1.83. The number of amides is 3. The third-order valence-electron chi connectivity index (χ3n) is 5.60. The first-order chi connectivity index (χ1) is 15.2. The maximum atomic E-state index is 13.4. The fourth-order valence-corrected chi connectivity index (χ4v) is 3.68. The van der Waals surface area contributed by atoms with E-state index in [1.54, 1.807) is 43.9 Å². The molecule has 1 aliphatic heterocycles. The van der Waals surface area contributed by atoms with Crippen LogP contribution < -0.4 is 20.7 Å². The molecule has 3 amide bonds. The Labute approximate surface area is 187 Å². The quantitative estimate of drug-likeness (QED) is 0.537. The van der Waals surface area contributed by atoms with Crippen molar-refractivity contribution in [3.63, 3.8) is 0 Å². The van der Waals surface area contributed by atoms with Crippen LogP contribution in [0.5, 0.6) is 5.75 Å². The van der Waals surface area contributed by atoms with Crippen molar-refractivity contribution < 1.29 is 24.0 Å². The highest BCUT2D eigenvalue weighted by Crippen LogP contribution is 2.30. The highest BCUT2D eigenvalue weighted by molar-refractivity contribution is 6.03. The Balaban J connectivity index is 1.89. The molecule has 0 saturated heterocycles. The van der Waals surface area contributed by atoms with Gasteiger partial charge in [-0.2, -0.15) is 0 Å². The van der Waals surface area contributed by atoms with Crippen molar-refractivity contribution in [1.82, 2.24) is 15.4 Å². The van der Waals surface area contributed by atoms with Crippen LogP contribution in [0.25, 0.3) is 0 Å². The first-order valence-corrected chi connectivity index (χ1v) is 10.6. The summed E-state index contributed by atoms with van der Waals surface area (Å²) >= 11 is 0. The molecule has 32 heavy (non-hydrogen) atoms. The van der Waals surface area contributed by atoms with E-state index < -0.39 is 6.03 Å². The number of rotatable bonds is 6. The van der Waals surface area contributed by atoms with Gasteiger partial charge in [-0.05, 0) is 46.0 Å². The molecule has 1 aromatic heterocycles. The lowest BCUT2D eigenvalue weighted by Gasteiger charge is -2.37. The lowest BCUT2D eigenvalue weighted by atomic mass is 9.99. The number of hydrogen-bond donors (Lipinski definition) is 4. The van der Waals surface area contributed by atoms with E-state index >= 15 is 0 Å². The molecule has 0 saturated carbocycles. The Hall–Kier alpha value is -3.11. The number of hydrogen-bond acceptors (Lipinski definition) is 7. The van der Waals surface area contributed by atoms with E-state index in [9.17, 15) is 14.7 Å². The van der Waals surface area contributed by atoms with E-state index in [2.05, 4.69) is 21.1 Å². The van der Waals surface area contributed by atoms with E-state index in [0.717, 1.165) is 0 Å². The number of aliphatic hydroxyl groups excluding tert-OH is 1. The Bertz CT molecular complexity index is 956. The van der Waals surface area contributed by atoms with Gasteiger partial charge in [-0.15, -0.1) is 0 Å². The Morgan fingerprint density at radius 3 is 2.72 bits per heavy atom. The van der Waals surface area contributed by atoms with Crippen LogP contribution in [0.3, 0.4) is 0 Å². The van der Waals surface area contributed by atoms with Gasteiger partial charge in [0.15, 0.2) is 5.76 Å². The summed E-state index contributed by atoms with van der Waals surface area (Å²) in [6.07, 6.45) is -0.165. The minimum atomic E-state index is -0.485. The second kappa shape index (κ2) is 10.0. The van der Waals surface area contributed by atoms with E-state index in [-0.39, 0.29) is 30.6 Å². The molecule has 174 valence electrons. The maximum Gasteiger partial charge on any atom is 0.323 e. The second-order valence-corrected chi connectivity index (χ2v) is 8.17. The van der Waals surface area contributed by atoms with Gasteiger partial charge in [0.05, 0.1) is 18.2 Å². The van der Waals surface area contributed by atoms with Crippen molar-refractivity contribution in [2.75, 3.05) is 37.4 Å². The third-order valence-corrected chi connectivity index (χ3v) is 5.60. The number of aromatic nitrogens is 1. The minimum absolute atomic E-state index is 0.0483. The molecule has 2 aromatic rings. The summed E-state index contributed by atoms with van der Waals surface area (Å²) in [4.78, 5) is 27.5. The molecule has 0 bridgehead atoms. The Morgan fingerprint density at radius 1 is 1.34 bits per heavy atom. The van der Waals surface area contributed by atoms with Gasteiger partial charge in [0.25, 0.3) is 5.91 Å². The number of anilines is 2. The number of nitrogens with zero attached hydrogens (tertiary/aromatic N) is 2. The van der Waals surface area contributed by atoms with Crippen molar-refractivity contribution in [3.05, 3.63) is 35.2 Å². The number of urea groups is 1. The number of aliphatic hydroxyl groups is 1. The first-order valence-electron chi connectivity index (χ1n) is 10.6. The summed E-state index contributed by atoms with van der Waals surface area (Å²) in [7, 11) is 1.85. The van der Waals surface area contributed by atoms with Gasteiger partial charge in [0, 0.05) is 24.7 Å². The van der Waals surface area contributed by atoms with E-state index in [4.69, 9.17) is 9.26 Å². The van der Waals surface area contributed by atoms with Crippen LogP contribution in [-0.4, -0.2) is 66.0 Å². The number of ether oxygens (including phenoxy) is 1. The fourth-order valence-electron chi connectivity index (χ4n) is 3.68. The molecule has 0 unspecified atom stereocenters. The average Bonchev–Trinajstić information content (AvgIpc) is 3.08. The van der Waals surface area contributed by atoms with Gasteiger partial charge in [0.2, 0.25) is 0 Å². The van der Waals surface area contributed by atoms with Crippen LogP contribution in [-0.2, 0) is 0 Å². The van der Waals surface area contributed by atoms with Crippen molar-refractivity contribution >= 4 is 23.3 Å². The smallest absolute Gasteiger partial charge is 0.323 e. The van der Waals surface area contributed by atoms with Crippen LogP contribution in [0.15, 0.2) is 22.7 Å². The molecule has 3 atom stereocenters. The fraction of sp³-hybridized carbons (Fsp3) is 0.500. The highest BCUT2D eigenvalue weighted by Gasteiger charge is 2.32. The Morgan fingerprint density at radius 2 is 2.09 bits per heavy atom. The topological polar surface area (TPSA) is 129 Å². The van der Waals surface area contributed by atoms with E-state index in [1.807, 2.05) is 14.0 Å². The Kier molecular flexibility index (Phi) is 7.37. The average molecular weight is 446 g/mol. The number of fused-ring (bicyclic) bond motifs is 1. The van der Waals surface area contributed by atoms with Gasteiger partial charge in [-0.3, -0.25) is 4.79 Å². The number of nitrogens with one attached hydrogen (secondary N) is 3. The summed E-state index contributed by atoms with van der Waals surface area (Å²) in [6.45, 7) is 8.16. The standard InChI is InChI=1S/C22H31N5O5/c1-12-10-27(13(2)11-28)21(29)17-8-16(6-7-18(17)31-19(12)9-23-5)24-22(30)25-20-14(3)26-32-15(20)4/h6-8,12-13,19,23,28H,9-11H2,1-5H3,(H2,24,25,30)/t12-,13+,19+/m0/s1. The van der Waals surface area contributed by atoms with Crippen molar-refractivity contribution in [2.45, 2.75) is 39.8 Å². The molecular formula is C22H31N5O5. The lowest BCUT2D eigenvalue weighted by molar-refractivity contribution is 0.0416. The van der Waals surface area contributed by atoms with Crippen LogP contribution in [0.4, 0.5) is 16.2 Å². The monoisotopic (exact) mass is 445 g/mol. The molecular weight excluding hydrogens is 414 g/mol. The molecule has 0 fully saturated rings. The molecule has 3 rings (SSSR count). The van der Waals surface area contributed by atoms with Gasteiger partial charge in [-0.1, -0.05) is 12.1 Å². The lowest BCUT2D eigenvalue weighted by Crippen LogP contribution is -2.49. The maximum absolute atomic E-state index is 13.4. The van der Waals surface area contributed by atoms with Gasteiger partial charge in [0.1, 0.15) is 23.2 Å². The molecule has 1 aliphatic rings. The molecule has 10 heteroatoms. The van der Waals surface area contributed by atoms with Crippen molar-refractivity contribution in [1.29, 1.82) is 0 Å². The minimum Gasteiger partial charge on any atom is -0.488 e. The predicted octanol–water partition coefficient (Wildman–Crippen LogP) is 2.37. The van der Waals surface area contributed by atoms with Crippen LogP contribution in [0.1, 0.15) is 35.7 Å². The summed E-state index contributed by atoms with van der Waals surface area (Å²) in [5.74, 6) is 0.727. The first kappa shape index (κ1) is 23.6. The van der Waals surface area contributed by atoms with E-state index in [0.29, 0.717) is 47.2 Å². The van der Waals surface area contributed by atoms with E-state index in [1.165, 1.54) is 0 Å². The zero-order chi connectivity index (χ0) is 23.4. The van der Waals surface area contributed by atoms with Gasteiger partial charge < -0.3 is 35.2 Å². The number of likely N-dealkylation sites (N-methyl/N-ethyl adjacent to an activating group) is 1. The van der Waals surface area contributed by atoms with Crippen LogP contribution >= 0.6 is 0 Å². The normalized spacial score (nSPS) is 19.4. The summed E-state index contributed by atoms with van der Waals surface area (Å²) < 4.78 is 11.2. The molecule has 1 aromatic carbocycles. The largest absolute Gasteiger partial charge is 0.488 e. The number of carbonyl (C=O) groups excluding carboxylic acids is 2. The highest BCUT2D eigenvalue weighted by atomic mass is 16.5. The molecule has 0 aliphatic carbocycles. The SMILES string of the molecule is CNC[C@H]1Oc2ccc(NC(=O)Nc3c(C)noc3C)cc2C(=O)N([C@H](C)CO)C[C@@H]1C. The summed E-state index contributed by atoms with van der Waals surface area (Å²) in [6, 6.07) is 4.11. The van der Waals surface area contributed by atoms with Gasteiger partial charge >= 0.3 is 6.03 Å². The second-order valence-electron chi connectivity index (χ2n) is 8.17. The number of benzene rings is 1. The van der Waals surface area contributed by atoms with Crippen LogP contribution in [0.2, 0.25) is 0 Å². The number of aryl methyl sites for hydroxylation is 2. The molecule has 0 radical (unpaired) electrons. The zero-order valence-electron chi connectivity index (χ0n) is 19.1. The molecule has 4 N–H and O–H groups in total. The predicted molar refractivity (Wildman–Crippen MR) is 120 cm³/mol. The van der Waals surface area contributed by atoms with Crippen LogP contribution in [0, 0.1) is 19.8 Å². The summed E-state index contributed by atoms with van der Waals surface area (Å²) in [5, 5.41) is 22.1. The van der Waals surface area contributed by atoms with Gasteiger partial charge in [-0.25, -0.2) is 4.79 Å². The third kappa shape index (κ3) is 5.03.